The monoisotopic (exact) mass is 377 g/mol. The predicted octanol–water partition coefficient (Wildman–Crippen LogP) is 0.603. The fourth-order valence-electron chi connectivity index (χ4n) is 4.27. The Morgan fingerprint density at radius 2 is 1.93 bits per heavy atom. The first-order chi connectivity index (χ1) is 13.0. The molecule has 2 saturated heterocycles. The van der Waals surface area contributed by atoms with E-state index in [9.17, 15) is 9.59 Å². The molecule has 2 fully saturated rings. The lowest BCUT2D eigenvalue weighted by atomic mass is 9.86. The lowest BCUT2D eigenvalue weighted by Crippen LogP contribution is -2.57. The molecule has 27 heavy (non-hydrogen) atoms. The summed E-state index contributed by atoms with van der Waals surface area (Å²) in [6, 6.07) is 2.24. The van der Waals surface area contributed by atoms with Gasteiger partial charge in [-0.05, 0) is 31.9 Å². The number of piperazine rings is 1. The van der Waals surface area contributed by atoms with Gasteiger partial charge in [0.25, 0.3) is 0 Å². The van der Waals surface area contributed by atoms with E-state index in [2.05, 4.69) is 21.9 Å². The van der Waals surface area contributed by atoms with Gasteiger partial charge in [0.1, 0.15) is 0 Å². The largest absolute Gasteiger partial charge is 0.481 e. The maximum absolute atomic E-state index is 12.7. The molecule has 0 aliphatic carbocycles. The van der Waals surface area contributed by atoms with Gasteiger partial charge in [-0.3, -0.25) is 19.2 Å². The van der Waals surface area contributed by atoms with E-state index in [1.54, 1.807) is 10.9 Å². The normalized spacial score (nSPS) is 24.9. The minimum Gasteiger partial charge on any atom is -0.481 e. The summed E-state index contributed by atoms with van der Waals surface area (Å²) >= 11 is 0. The Balaban J connectivity index is 1.57. The van der Waals surface area contributed by atoms with E-state index in [1.807, 2.05) is 17.2 Å². The van der Waals surface area contributed by atoms with Crippen LogP contribution in [0.15, 0.2) is 18.5 Å². The Hall–Kier alpha value is -1.93. The highest BCUT2D eigenvalue weighted by Gasteiger charge is 2.35. The number of nitrogens with zero attached hydrogens (tertiary/aromatic N) is 5. The molecule has 8 heteroatoms. The quantitative estimate of drug-likeness (QED) is 0.750. The molecule has 1 N–H and O–H groups in total. The van der Waals surface area contributed by atoms with Crippen LogP contribution < -0.4 is 0 Å². The summed E-state index contributed by atoms with van der Waals surface area (Å²) in [6.07, 6.45) is 5.75. The number of aryl methyl sites for hydroxylation is 1. The second kappa shape index (κ2) is 9.32. The molecule has 0 unspecified atom stereocenters. The van der Waals surface area contributed by atoms with Gasteiger partial charge in [-0.15, -0.1) is 0 Å². The summed E-state index contributed by atoms with van der Waals surface area (Å²) in [5.41, 5.74) is 0. The van der Waals surface area contributed by atoms with Crippen molar-refractivity contribution in [1.29, 1.82) is 0 Å². The Morgan fingerprint density at radius 3 is 2.59 bits per heavy atom. The average molecular weight is 377 g/mol. The molecule has 0 bridgehead atoms. The fraction of sp³-hybridized carbons (Fsp3) is 0.737. The highest BCUT2D eigenvalue weighted by molar-refractivity contribution is 5.76. The predicted molar refractivity (Wildman–Crippen MR) is 101 cm³/mol. The molecule has 1 aromatic rings. The molecular weight excluding hydrogens is 346 g/mol. The molecule has 2 aliphatic rings. The molecule has 1 amide bonds. The number of hydrogen-bond acceptors (Lipinski definition) is 5. The van der Waals surface area contributed by atoms with Crippen molar-refractivity contribution in [2.45, 2.75) is 38.3 Å². The zero-order valence-electron chi connectivity index (χ0n) is 16.2. The van der Waals surface area contributed by atoms with Crippen molar-refractivity contribution >= 4 is 11.9 Å². The summed E-state index contributed by atoms with van der Waals surface area (Å²) in [5.74, 6) is -0.385. The Labute approximate surface area is 160 Å². The van der Waals surface area contributed by atoms with E-state index in [4.69, 9.17) is 5.11 Å². The Morgan fingerprint density at radius 1 is 1.15 bits per heavy atom. The Bertz CT molecular complexity index is 613. The van der Waals surface area contributed by atoms with Crippen LogP contribution in [0.4, 0.5) is 0 Å². The van der Waals surface area contributed by atoms with Crippen molar-refractivity contribution in [3.63, 3.8) is 0 Å². The number of piperidine rings is 1. The van der Waals surface area contributed by atoms with E-state index in [1.165, 1.54) is 0 Å². The first-order valence-electron chi connectivity index (χ1n) is 9.92. The molecule has 150 valence electrons. The number of carbonyl (C=O) groups is 2. The van der Waals surface area contributed by atoms with Gasteiger partial charge in [0.2, 0.25) is 5.91 Å². The lowest BCUT2D eigenvalue weighted by molar-refractivity contribution is -0.138. The summed E-state index contributed by atoms with van der Waals surface area (Å²) in [6.45, 7) is 6.17. The maximum Gasteiger partial charge on any atom is 0.303 e. The van der Waals surface area contributed by atoms with Crippen molar-refractivity contribution < 1.29 is 14.7 Å². The van der Waals surface area contributed by atoms with E-state index in [-0.39, 0.29) is 18.2 Å². The number of rotatable bonds is 7. The summed E-state index contributed by atoms with van der Waals surface area (Å²) < 4.78 is 1.77. The smallest absolute Gasteiger partial charge is 0.303 e. The molecule has 0 spiro atoms. The van der Waals surface area contributed by atoms with E-state index in [0.717, 1.165) is 39.1 Å². The highest BCUT2D eigenvalue weighted by Crippen LogP contribution is 2.27. The van der Waals surface area contributed by atoms with Gasteiger partial charge in [0.05, 0.1) is 0 Å². The third-order valence-electron chi connectivity index (χ3n) is 5.90. The van der Waals surface area contributed by atoms with Gasteiger partial charge < -0.3 is 14.9 Å². The molecular formula is C19H31N5O3. The van der Waals surface area contributed by atoms with E-state index >= 15 is 0 Å². The van der Waals surface area contributed by atoms with Crippen LogP contribution in [-0.4, -0.2) is 93.8 Å². The molecule has 0 saturated carbocycles. The van der Waals surface area contributed by atoms with Gasteiger partial charge in [-0.25, -0.2) is 0 Å². The topological polar surface area (TPSA) is 81.9 Å². The summed E-state index contributed by atoms with van der Waals surface area (Å²) in [5, 5.41) is 13.3. The SMILES string of the molecule is CN1CCN([C@@H]2CCN(C(=O)CCn3cccn3)C[C@@H]2CCC(=O)O)CC1. The molecule has 0 radical (unpaired) electrons. The van der Waals surface area contributed by atoms with Crippen molar-refractivity contribution in [2.75, 3.05) is 46.3 Å². The third-order valence-corrected chi connectivity index (χ3v) is 5.90. The molecule has 3 rings (SSSR count). The highest BCUT2D eigenvalue weighted by atomic mass is 16.4. The molecule has 8 nitrogen and oxygen atoms in total. The number of carbonyl (C=O) groups excluding carboxylic acids is 1. The lowest BCUT2D eigenvalue weighted by Gasteiger charge is -2.46. The standard InChI is InChI=1S/C19H31N5O3/c1-21-11-13-22(14-12-21)17-5-9-23(15-16(17)3-4-19(26)27)18(25)6-10-24-8-2-7-20-24/h2,7-8,16-17H,3-6,9-15H2,1H3,(H,26,27)/t16-,17+/m0/s1. The minimum absolute atomic E-state index is 0.141. The van der Waals surface area contributed by atoms with Crippen LogP contribution in [0.2, 0.25) is 0 Å². The van der Waals surface area contributed by atoms with Gasteiger partial charge >= 0.3 is 5.97 Å². The van der Waals surface area contributed by atoms with E-state index in [0.29, 0.717) is 32.0 Å². The number of aromatic nitrogens is 2. The number of amides is 1. The number of likely N-dealkylation sites (N-methyl/N-ethyl adjacent to an activating group) is 1. The van der Waals surface area contributed by atoms with E-state index < -0.39 is 5.97 Å². The van der Waals surface area contributed by atoms with Gasteiger partial charge in [0.15, 0.2) is 0 Å². The molecule has 2 aliphatic heterocycles. The van der Waals surface area contributed by atoms with Crippen LogP contribution in [0, 0.1) is 5.92 Å². The molecule has 0 aromatic carbocycles. The third kappa shape index (κ3) is 5.52. The number of carboxylic acid groups (broad SMARTS) is 1. The number of hydrogen-bond donors (Lipinski definition) is 1. The first-order valence-corrected chi connectivity index (χ1v) is 9.92. The van der Waals surface area contributed by atoms with Crippen LogP contribution in [-0.2, 0) is 16.1 Å². The fourth-order valence-corrected chi connectivity index (χ4v) is 4.27. The van der Waals surface area contributed by atoms with Gasteiger partial charge in [0, 0.05) is 77.1 Å². The molecule has 2 atom stereocenters. The van der Waals surface area contributed by atoms with Crippen molar-refractivity contribution in [1.82, 2.24) is 24.5 Å². The second-order valence-electron chi connectivity index (χ2n) is 7.75. The number of likely N-dealkylation sites (tertiary alicyclic amines) is 1. The van der Waals surface area contributed by atoms with Crippen LogP contribution in [0.3, 0.4) is 0 Å². The summed E-state index contributed by atoms with van der Waals surface area (Å²) in [7, 11) is 2.14. The van der Waals surface area contributed by atoms with Crippen molar-refractivity contribution in [2.24, 2.45) is 5.92 Å². The zero-order valence-corrected chi connectivity index (χ0v) is 16.2. The number of carboxylic acids is 1. The first kappa shape index (κ1) is 19.8. The summed E-state index contributed by atoms with van der Waals surface area (Å²) in [4.78, 5) is 30.5. The zero-order chi connectivity index (χ0) is 19.2. The second-order valence-corrected chi connectivity index (χ2v) is 7.75. The Kier molecular flexibility index (Phi) is 6.84. The molecule has 3 heterocycles. The molecule has 1 aromatic heterocycles. The van der Waals surface area contributed by atoms with Crippen LogP contribution in [0.1, 0.15) is 25.7 Å². The average Bonchev–Trinajstić information content (AvgIpc) is 3.18. The van der Waals surface area contributed by atoms with Crippen molar-refractivity contribution in [3.05, 3.63) is 18.5 Å². The van der Waals surface area contributed by atoms with Crippen LogP contribution >= 0.6 is 0 Å². The van der Waals surface area contributed by atoms with Crippen LogP contribution in [0.5, 0.6) is 0 Å². The minimum atomic E-state index is -0.755. The van der Waals surface area contributed by atoms with Crippen LogP contribution in [0.25, 0.3) is 0 Å². The van der Waals surface area contributed by atoms with Gasteiger partial charge in [-0.2, -0.15) is 5.10 Å². The van der Waals surface area contributed by atoms with Gasteiger partial charge in [-0.1, -0.05) is 0 Å². The maximum atomic E-state index is 12.7. The van der Waals surface area contributed by atoms with Crippen molar-refractivity contribution in [3.8, 4) is 0 Å². The number of aliphatic carboxylic acids is 1.